The van der Waals surface area contributed by atoms with Gasteiger partial charge in [-0.05, 0) is 45.9 Å². The Hall–Kier alpha value is -1.11. The molecule has 1 heterocycles. The molecule has 2 rings (SSSR count). The fourth-order valence-corrected chi connectivity index (χ4v) is 2.19. The van der Waals surface area contributed by atoms with Crippen LogP contribution in [0, 0.1) is 5.82 Å². The first-order valence-corrected chi connectivity index (χ1v) is 7.54. The van der Waals surface area contributed by atoms with Crippen molar-refractivity contribution in [2.24, 2.45) is 0 Å². The van der Waals surface area contributed by atoms with E-state index in [4.69, 9.17) is 18.8 Å². The van der Waals surface area contributed by atoms with E-state index in [1.807, 2.05) is 27.7 Å². The number of benzene rings is 1. The van der Waals surface area contributed by atoms with Gasteiger partial charge in [-0.25, -0.2) is 4.39 Å². The SMILES string of the molecule is COCCCOc1ccc(F)cc1B1OC(C)(C)C(C)(C)O1. The van der Waals surface area contributed by atoms with E-state index in [0.717, 1.165) is 6.42 Å². The maximum Gasteiger partial charge on any atom is 0.498 e. The first kappa shape index (κ1) is 17.3. The second kappa shape index (κ2) is 6.56. The molecule has 22 heavy (non-hydrogen) atoms. The van der Waals surface area contributed by atoms with Gasteiger partial charge in [-0.2, -0.15) is 0 Å². The average Bonchev–Trinajstić information content (AvgIpc) is 2.65. The Kier molecular flexibility index (Phi) is 5.15. The molecule has 6 heteroatoms. The van der Waals surface area contributed by atoms with Gasteiger partial charge >= 0.3 is 7.12 Å². The standard InChI is InChI=1S/C16H24BFO4/c1-15(2)16(3,4)22-17(21-15)13-11-12(18)7-8-14(13)20-10-6-9-19-5/h7-8,11H,6,9-10H2,1-5H3. The lowest BCUT2D eigenvalue weighted by molar-refractivity contribution is 0.00578. The highest BCUT2D eigenvalue weighted by atomic mass is 19.1. The molecule has 0 atom stereocenters. The smallest absolute Gasteiger partial charge is 0.494 e. The molecule has 0 radical (unpaired) electrons. The minimum Gasteiger partial charge on any atom is -0.494 e. The highest BCUT2D eigenvalue weighted by molar-refractivity contribution is 6.63. The Labute approximate surface area is 132 Å². The summed E-state index contributed by atoms with van der Waals surface area (Å²) < 4.78 is 36.3. The number of methoxy groups -OCH3 is 1. The third-order valence-corrected chi connectivity index (χ3v) is 4.23. The fraction of sp³-hybridized carbons (Fsp3) is 0.625. The van der Waals surface area contributed by atoms with Gasteiger partial charge in [0.25, 0.3) is 0 Å². The summed E-state index contributed by atoms with van der Waals surface area (Å²) in [4.78, 5) is 0. The molecule has 122 valence electrons. The third-order valence-electron chi connectivity index (χ3n) is 4.23. The molecular weight excluding hydrogens is 286 g/mol. The van der Waals surface area contributed by atoms with Gasteiger partial charge in [-0.15, -0.1) is 0 Å². The van der Waals surface area contributed by atoms with Crippen LogP contribution in [0.2, 0.25) is 0 Å². The Bertz CT molecular complexity index is 503. The lowest BCUT2D eigenvalue weighted by Crippen LogP contribution is -2.41. The highest BCUT2D eigenvalue weighted by Crippen LogP contribution is 2.37. The van der Waals surface area contributed by atoms with Gasteiger partial charge in [0.2, 0.25) is 0 Å². The highest BCUT2D eigenvalue weighted by Gasteiger charge is 2.52. The maximum absolute atomic E-state index is 13.6. The lowest BCUT2D eigenvalue weighted by atomic mass is 9.78. The van der Waals surface area contributed by atoms with Crippen LogP contribution in [-0.2, 0) is 14.0 Å². The summed E-state index contributed by atoms with van der Waals surface area (Å²) >= 11 is 0. The minimum absolute atomic E-state index is 0.339. The van der Waals surface area contributed by atoms with Gasteiger partial charge in [0, 0.05) is 25.6 Å². The van der Waals surface area contributed by atoms with Crippen molar-refractivity contribution in [2.75, 3.05) is 20.3 Å². The van der Waals surface area contributed by atoms with E-state index in [9.17, 15) is 4.39 Å². The zero-order valence-electron chi connectivity index (χ0n) is 13.9. The molecule has 1 aliphatic rings. The van der Waals surface area contributed by atoms with Crippen molar-refractivity contribution < 1.29 is 23.2 Å². The quantitative estimate of drug-likeness (QED) is 0.598. The first-order chi connectivity index (χ1) is 10.3. The third kappa shape index (κ3) is 3.62. The zero-order valence-corrected chi connectivity index (χ0v) is 13.9. The Morgan fingerprint density at radius 3 is 2.32 bits per heavy atom. The summed E-state index contributed by atoms with van der Waals surface area (Å²) in [6.07, 6.45) is 0.761. The maximum atomic E-state index is 13.6. The van der Waals surface area contributed by atoms with Crippen LogP contribution in [0.1, 0.15) is 34.1 Å². The van der Waals surface area contributed by atoms with Crippen LogP contribution in [0.25, 0.3) is 0 Å². The number of hydrogen-bond donors (Lipinski definition) is 0. The molecule has 0 saturated carbocycles. The number of ether oxygens (including phenoxy) is 2. The van der Waals surface area contributed by atoms with Crippen molar-refractivity contribution in [1.82, 2.24) is 0 Å². The van der Waals surface area contributed by atoms with Crippen molar-refractivity contribution in [1.29, 1.82) is 0 Å². The van der Waals surface area contributed by atoms with Crippen molar-refractivity contribution in [2.45, 2.75) is 45.3 Å². The molecule has 0 bridgehead atoms. The Balaban J connectivity index is 2.18. The van der Waals surface area contributed by atoms with E-state index in [0.29, 0.717) is 24.4 Å². The van der Waals surface area contributed by atoms with Crippen LogP contribution in [0.5, 0.6) is 5.75 Å². The van der Waals surface area contributed by atoms with Crippen molar-refractivity contribution in [3.63, 3.8) is 0 Å². The van der Waals surface area contributed by atoms with Gasteiger partial charge in [0.1, 0.15) is 11.6 Å². The molecule has 1 saturated heterocycles. The van der Waals surface area contributed by atoms with Crippen LogP contribution >= 0.6 is 0 Å². The second-order valence-electron chi connectivity index (χ2n) is 6.47. The molecule has 0 N–H and O–H groups in total. The van der Waals surface area contributed by atoms with Gasteiger partial charge in [-0.1, -0.05) is 0 Å². The van der Waals surface area contributed by atoms with Crippen LogP contribution in [-0.4, -0.2) is 38.6 Å². The monoisotopic (exact) mass is 310 g/mol. The Morgan fingerprint density at radius 1 is 1.09 bits per heavy atom. The van der Waals surface area contributed by atoms with Gasteiger partial charge < -0.3 is 18.8 Å². The zero-order chi connectivity index (χ0) is 16.4. The average molecular weight is 310 g/mol. The summed E-state index contributed by atoms with van der Waals surface area (Å²) in [6.45, 7) is 8.96. The molecule has 0 aliphatic carbocycles. The summed E-state index contributed by atoms with van der Waals surface area (Å²) in [5.74, 6) is 0.241. The Morgan fingerprint density at radius 2 is 1.73 bits per heavy atom. The van der Waals surface area contributed by atoms with Crippen LogP contribution in [0.4, 0.5) is 4.39 Å². The number of rotatable bonds is 6. The summed E-state index contributed by atoms with van der Waals surface area (Å²) in [5, 5.41) is 0. The van der Waals surface area contributed by atoms with Gasteiger partial charge in [0.15, 0.2) is 0 Å². The summed E-state index contributed by atoms with van der Waals surface area (Å²) in [5.41, 5.74) is -0.370. The normalized spacial score (nSPS) is 19.5. The topological polar surface area (TPSA) is 36.9 Å². The molecule has 1 aromatic rings. The van der Waals surface area contributed by atoms with Crippen LogP contribution < -0.4 is 10.2 Å². The van der Waals surface area contributed by atoms with Crippen molar-refractivity contribution in [3.8, 4) is 5.75 Å². The molecular formula is C16H24BFO4. The van der Waals surface area contributed by atoms with E-state index in [2.05, 4.69) is 0 Å². The van der Waals surface area contributed by atoms with Gasteiger partial charge in [0.05, 0.1) is 17.8 Å². The molecule has 1 fully saturated rings. The van der Waals surface area contributed by atoms with E-state index in [1.165, 1.54) is 12.1 Å². The number of hydrogen-bond acceptors (Lipinski definition) is 4. The molecule has 1 aliphatic heterocycles. The van der Waals surface area contributed by atoms with Crippen LogP contribution in [0.3, 0.4) is 0 Å². The molecule has 4 nitrogen and oxygen atoms in total. The summed E-state index contributed by atoms with van der Waals surface area (Å²) in [7, 11) is 1.01. The predicted molar refractivity (Wildman–Crippen MR) is 84.1 cm³/mol. The van der Waals surface area contributed by atoms with E-state index in [-0.39, 0.29) is 5.82 Å². The number of halogens is 1. The first-order valence-electron chi connectivity index (χ1n) is 7.54. The summed E-state index contributed by atoms with van der Waals surface area (Å²) in [6, 6.07) is 4.40. The molecule has 0 amide bonds. The largest absolute Gasteiger partial charge is 0.498 e. The van der Waals surface area contributed by atoms with Gasteiger partial charge in [-0.3, -0.25) is 0 Å². The van der Waals surface area contributed by atoms with E-state index >= 15 is 0 Å². The second-order valence-corrected chi connectivity index (χ2v) is 6.47. The molecule has 0 unspecified atom stereocenters. The molecule has 1 aromatic carbocycles. The predicted octanol–water partition coefficient (Wildman–Crippen LogP) is 2.54. The molecule has 0 aromatic heterocycles. The molecule has 0 spiro atoms. The van der Waals surface area contributed by atoms with Crippen molar-refractivity contribution in [3.05, 3.63) is 24.0 Å². The van der Waals surface area contributed by atoms with E-state index < -0.39 is 18.3 Å². The van der Waals surface area contributed by atoms with Crippen molar-refractivity contribution >= 4 is 12.6 Å². The lowest BCUT2D eigenvalue weighted by Gasteiger charge is -2.32. The van der Waals surface area contributed by atoms with Crippen LogP contribution in [0.15, 0.2) is 18.2 Å². The van der Waals surface area contributed by atoms with E-state index in [1.54, 1.807) is 13.2 Å². The minimum atomic E-state index is -0.641. The fourth-order valence-electron chi connectivity index (χ4n) is 2.19.